The molecule has 124 valence electrons. The van der Waals surface area contributed by atoms with Gasteiger partial charge in [-0.1, -0.05) is 12.1 Å². The number of aromatic amines is 1. The Balaban J connectivity index is 1.61. The third-order valence-corrected chi connectivity index (χ3v) is 3.86. The summed E-state index contributed by atoms with van der Waals surface area (Å²) < 4.78 is 14.6. The SMILES string of the molecule is Cn1nc(NC(=O)c2ccc(F)cc2)cc1-c1nc2ccccc2[nH]1. The molecule has 4 aromatic rings. The van der Waals surface area contributed by atoms with Crippen molar-refractivity contribution in [3.8, 4) is 11.5 Å². The Morgan fingerprint density at radius 2 is 1.92 bits per heavy atom. The van der Waals surface area contributed by atoms with Gasteiger partial charge in [-0.25, -0.2) is 9.37 Å². The lowest BCUT2D eigenvalue weighted by molar-refractivity contribution is 0.102. The predicted octanol–water partition coefficient (Wildman–Crippen LogP) is 3.35. The number of hydrogen-bond donors (Lipinski definition) is 2. The first-order chi connectivity index (χ1) is 12.1. The smallest absolute Gasteiger partial charge is 0.256 e. The number of para-hydroxylation sites is 2. The van der Waals surface area contributed by atoms with Crippen molar-refractivity contribution in [2.45, 2.75) is 0 Å². The number of anilines is 1. The zero-order valence-corrected chi connectivity index (χ0v) is 13.3. The second-order valence-corrected chi connectivity index (χ2v) is 5.60. The van der Waals surface area contributed by atoms with E-state index < -0.39 is 0 Å². The lowest BCUT2D eigenvalue weighted by Gasteiger charge is -2.01. The van der Waals surface area contributed by atoms with Crippen LogP contribution in [0.2, 0.25) is 0 Å². The maximum absolute atomic E-state index is 13.0. The molecule has 0 saturated carbocycles. The van der Waals surface area contributed by atoms with Gasteiger partial charge in [0.25, 0.3) is 5.91 Å². The topological polar surface area (TPSA) is 75.6 Å². The van der Waals surface area contributed by atoms with E-state index in [1.54, 1.807) is 17.8 Å². The van der Waals surface area contributed by atoms with Gasteiger partial charge in [0, 0.05) is 18.7 Å². The molecule has 0 saturated heterocycles. The van der Waals surface area contributed by atoms with Gasteiger partial charge in [0.05, 0.1) is 11.0 Å². The number of aromatic nitrogens is 4. The van der Waals surface area contributed by atoms with Crippen LogP contribution in [0.4, 0.5) is 10.2 Å². The molecular formula is C18H14FN5O. The average Bonchev–Trinajstić information content (AvgIpc) is 3.18. The molecule has 0 aliphatic heterocycles. The van der Waals surface area contributed by atoms with Crippen molar-refractivity contribution >= 4 is 22.8 Å². The standard InChI is InChI=1S/C18H14FN5O/c1-24-15(17-20-13-4-2-3-5-14(13)21-17)10-16(23-24)22-18(25)11-6-8-12(19)9-7-11/h2-10H,1H3,(H,20,21)(H,22,23,25). The fourth-order valence-electron chi connectivity index (χ4n) is 2.61. The van der Waals surface area contributed by atoms with Gasteiger partial charge < -0.3 is 10.3 Å². The number of rotatable bonds is 3. The highest BCUT2D eigenvalue weighted by Crippen LogP contribution is 2.22. The summed E-state index contributed by atoms with van der Waals surface area (Å²) in [6, 6.07) is 14.8. The Bertz CT molecular complexity index is 1030. The Morgan fingerprint density at radius 1 is 1.16 bits per heavy atom. The summed E-state index contributed by atoms with van der Waals surface area (Å²) in [5, 5.41) is 7.00. The lowest BCUT2D eigenvalue weighted by Crippen LogP contribution is -2.12. The molecule has 2 aromatic carbocycles. The molecule has 2 aromatic heterocycles. The fraction of sp³-hybridized carbons (Fsp3) is 0.0556. The summed E-state index contributed by atoms with van der Waals surface area (Å²) in [4.78, 5) is 20.0. The molecule has 0 spiro atoms. The lowest BCUT2D eigenvalue weighted by atomic mass is 10.2. The van der Waals surface area contributed by atoms with Crippen LogP contribution < -0.4 is 5.32 Å². The van der Waals surface area contributed by atoms with Crippen molar-refractivity contribution < 1.29 is 9.18 Å². The number of carbonyl (C=O) groups excluding carboxylic acids is 1. The van der Waals surface area contributed by atoms with Crippen molar-refractivity contribution in [2.24, 2.45) is 7.05 Å². The van der Waals surface area contributed by atoms with E-state index in [1.165, 1.54) is 24.3 Å². The molecule has 2 heterocycles. The Morgan fingerprint density at radius 3 is 2.68 bits per heavy atom. The number of nitrogens with one attached hydrogen (secondary N) is 2. The molecule has 1 amide bonds. The average molecular weight is 335 g/mol. The number of halogens is 1. The number of benzene rings is 2. The van der Waals surface area contributed by atoms with Crippen molar-refractivity contribution in [3.05, 3.63) is 66.0 Å². The van der Waals surface area contributed by atoms with Gasteiger partial charge in [-0.3, -0.25) is 9.48 Å². The molecule has 2 N–H and O–H groups in total. The van der Waals surface area contributed by atoms with Crippen molar-refractivity contribution in [2.75, 3.05) is 5.32 Å². The number of carbonyl (C=O) groups is 1. The van der Waals surface area contributed by atoms with E-state index in [0.717, 1.165) is 16.7 Å². The molecule has 4 rings (SSSR count). The first kappa shape index (κ1) is 15.1. The summed E-state index contributed by atoms with van der Waals surface area (Å²) >= 11 is 0. The number of imidazole rings is 1. The van der Waals surface area contributed by atoms with Crippen LogP contribution >= 0.6 is 0 Å². The third-order valence-electron chi connectivity index (χ3n) is 3.86. The number of nitrogens with zero attached hydrogens (tertiary/aromatic N) is 3. The van der Waals surface area contributed by atoms with Crippen LogP contribution in [0.1, 0.15) is 10.4 Å². The van der Waals surface area contributed by atoms with Crippen molar-refractivity contribution in [1.82, 2.24) is 19.7 Å². The van der Waals surface area contributed by atoms with Gasteiger partial charge in [-0.15, -0.1) is 0 Å². The van der Waals surface area contributed by atoms with E-state index in [9.17, 15) is 9.18 Å². The number of amides is 1. The minimum atomic E-state index is -0.387. The van der Waals surface area contributed by atoms with Crippen LogP contribution in [0.5, 0.6) is 0 Å². The second-order valence-electron chi connectivity index (χ2n) is 5.60. The zero-order valence-electron chi connectivity index (χ0n) is 13.3. The van der Waals surface area contributed by atoms with Crippen molar-refractivity contribution in [1.29, 1.82) is 0 Å². The number of aryl methyl sites for hydroxylation is 1. The maximum Gasteiger partial charge on any atom is 0.256 e. The molecule has 0 bridgehead atoms. The largest absolute Gasteiger partial charge is 0.337 e. The number of H-pyrrole nitrogens is 1. The molecule has 25 heavy (non-hydrogen) atoms. The van der Waals surface area contributed by atoms with E-state index in [2.05, 4.69) is 20.4 Å². The monoisotopic (exact) mass is 335 g/mol. The molecule has 0 atom stereocenters. The van der Waals surface area contributed by atoms with Crippen LogP contribution in [-0.2, 0) is 7.05 Å². The Labute approximate surface area is 142 Å². The summed E-state index contributed by atoms with van der Waals surface area (Å²) in [5.41, 5.74) is 2.88. The van der Waals surface area contributed by atoms with Gasteiger partial charge in [0.15, 0.2) is 11.6 Å². The van der Waals surface area contributed by atoms with E-state index >= 15 is 0 Å². The highest BCUT2D eigenvalue weighted by molar-refractivity contribution is 6.03. The zero-order chi connectivity index (χ0) is 17.4. The summed E-state index contributed by atoms with van der Waals surface area (Å²) in [6.45, 7) is 0. The first-order valence-corrected chi connectivity index (χ1v) is 7.66. The number of fused-ring (bicyclic) bond motifs is 1. The van der Waals surface area contributed by atoms with E-state index in [1.807, 2.05) is 24.3 Å². The van der Waals surface area contributed by atoms with Crippen LogP contribution in [0.15, 0.2) is 54.6 Å². The molecule has 0 radical (unpaired) electrons. The minimum Gasteiger partial charge on any atom is -0.337 e. The van der Waals surface area contributed by atoms with Crippen LogP contribution in [-0.4, -0.2) is 25.7 Å². The van der Waals surface area contributed by atoms with Crippen LogP contribution in [0.3, 0.4) is 0 Å². The quantitative estimate of drug-likeness (QED) is 0.603. The highest BCUT2D eigenvalue weighted by atomic mass is 19.1. The van der Waals surface area contributed by atoms with Gasteiger partial charge in [0.1, 0.15) is 11.5 Å². The number of hydrogen-bond acceptors (Lipinski definition) is 3. The first-order valence-electron chi connectivity index (χ1n) is 7.66. The molecule has 6 nitrogen and oxygen atoms in total. The van der Waals surface area contributed by atoms with E-state index in [0.29, 0.717) is 17.2 Å². The predicted molar refractivity (Wildman–Crippen MR) is 92.6 cm³/mol. The summed E-state index contributed by atoms with van der Waals surface area (Å²) in [6.07, 6.45) is 0. The Hall–Kier alpha value is -3.48. The summed E-state index contributed by atoms with van der Waals surface area (Å²) in [7, 11) is 1.77. The second kappa shape index (κ2) is 5.86. The van der Waals surface area contributed by atoms with Crippen LogP contribution in [0.25, 0.3) is 22.6 Å². The maximum atomic E-state index is 13.0. The van der Waals surface area contributed by atoms with Gasteiger partial charge in [-0.2, -0.15) is 5.10 Å². The molecule has 0 aliphatic rings. The molecule has 0 aliphatic carbocycles. The fourth-order valence-corrected chi connectivity index (χ4v) is 2.61. The Kier molecular flexibility index (Phi) is 3.53. The summed E-state index contributed by atoms with van der Waals surface area (Å²) in [5.74, 6) is 0.321. The molecule has 0 fully saturated rings. The van der Waals surface area contributed by atoms with Gasteiger partial charge in [-0.05, 0) is 36.4 Å². The molecule has 0 unspecified atom stereocenters. The van der Waals surface area contributed by atoms with Gasteiger partial charge >= 0.3 is 0 Å². The minimum absolute atomic E-state index is 0.353. The molecule has 7 heteroatoms. The third kappa shape index (κ3) is 2.87. The van der Waals surface area contributed by atoms with Gasteiger partial charge in [0.2, 0.25) is 0 Å². The van der Waals surface area contributed by atoms with E-state index in [4.69, 9.17) is 0 Å². The molecular weight excluding hydrogens is 321 g/mol. The van der Waals surface area contributed by atoms with E-state index in [-0.39, 0.29) is 11.7 Å². The normalized spacial score (nSPS) is 11.0. The van der Waals surface area contributed by atoms with Crippen molar-refractivity contribution in [3.63, 3.8) is 0 Å². The van der Waals surface area contributed by atoms with Crippen LogP contribution in [0, 0.1) is 5.82 Å². The highest BCUT2D eigenvalue weighted by Gasteiger charge is 2.14.